The maximum atomic E-state index is 14.0. The Morgan fingerprint density at radius 2 is 1.59 bits per heavy atom. The Bertz CT molecular complexity index is 1100. The van der Waals surface area contributed by atoms with Crippen molar-refractivity contribution in [1.82, 2.24) is 14.7 Å². The summed E-state index contributed by atoms with van der Waals surface area (Å²) in [7, 11) is 1.47. The van der Waals surface area contributed by atoms with Gasteiger partial charge in [-0.15, -0.1) is 0 Å². The van der Waals surface area contributed by atoms with Crippen LogP contribution in [0, 0.1) is 11.8 Å². The smallest absolute Gasteiger partial charge is 0.255 e. The third kappa shape index (κ3) is 2.60. The van der Waals surface area contributed by atoms with E-state index in [4.69, 9.17) is 0 Å². The van der Waals surface area contributed by atoms with Gasteiger partial charge in [0.2, 0.25) is 17.7 Å². The van der Waals surface area contributed by atoms with E-state index >= 15 is 0 Å². The molecule has 4 atom stereocenters. The van der Waals surface area contributed by atoms with Crippen molar-refractivity contribution >= 4 is 23.6 Å². The molecule has 3 saturated heterocycles. The number of carbonyl (C=O) groups excluding carboxylic acids is 4. The zero-order valence-corrected chi connectivity index (χ0v) is 18.1. The van der Waals surface area contributed by atoms with E-state index in [0.29, 0.717) is 12.1 Å². The van der Waals surface area contributed by atoms with E-state index < -0.39 is 23.4 Å². The molecule has 0 saturated carbocycles. The molecule has 32 heavy (non-hydrogen) atoms. The predicted molar refractivity (Wildman–Crippen MR) is 116 cm³/mol. The number of rotatable bonds is 4. The highest BCUT2D eigenvalue weighted by atomic mass is 16.2. The molecule has 5 rings (SSSR count). The lowest BCUT2D eigenvalue weighted by Crippen LogP contribution is -2.70. The monoisotopic (exact) mass is 431 g/mol. The lowest BCUT2D eigenvalue weighted by Gasteiger charge is -2.49. The number of amides is 4. The van der Waals surface area contributed by atoms with Crippen molar-refractivity contribution in [2.24, 2.45) is 11.8 Å². The standard InChI is InChI=1S/C25H25N3O4/c1-3-27-15-18-19-20(23(31)26(2)22(19)30)25(24(27)32,14-16-10-6-4-7-11-16)28(18)21(29)17-12-8-5-9-13-17/h4-13,18-20H,3,14-15H2,1-2H3/t18-,19+,20-,25-/m1/s1. The fourth-order valence-electron chi connectivity index (χ4n) is 5.85. The van der Waals surface area contributed by atoms with Crippen molar-refractivity contribution in [2.45, 2.75) is 24.9 Å². The number of imide groups is 1. The van der Waals surface area contributed by atoms with E-state index in [1.54, 1.807) is 34.1 Å². The van der Waals surface area contributed by atoms with Gasteiger partial charge in [-0.1, -0.05) is 48.5 Å². The van der Waals surface area contributed by atoms with Crippen LogP contribution in [-0.4, -0.2) is 70.0 Å². The molecule has 3 aliphatic rings. The Balaban J connectivity index is 1.74. The third-order valence-electron chi connectivity index (χ3n) is 7.26. The first kappa shape index (κ1) is 20.4. The Kier molecular flexibility index (Phi) is 4.65. The van der Waals surface area contributed by atoms with Gasteiger partial charge in [0.15, 0.2) is 0 Å². The molecule has 2 bridgehead atoms. The molecule has 164 valence electrons. The molecule has 3 heterocycles. The van der Waals surface area contributed by atoms with Gasteiger partial charge in [0, 0.05) is 32.1 Å². The molecule has 2 aromatic rings. The third-order valence-corrected chi connectivity index (χ3v) is 7.26. The van der Waals surface area contributed by atoms with E-state index in [9.17, 15) is 19.2 Å². The summed E-state index contributed by atoms with van der Waals surface area (Å²) in [6.45, 7) is 2.59. The molecule has 0 aliphatic carbocycles. The molecule has 0 radical (unpaired) electrons. The fourth-order valence-corrected chi connectivity index (χ4v) is 5.85. The second-order valence-corrected chi connectivity index (χ2v) is 8.78. The van der Waals surface area contributed by atoms with Gasteiger partial charge in [-0.05, 0) is 24.6 Å². The van der Waals surface area contributed by atoms with Crippen LogP contribution in [0.5, 0.6) is 0 Å². The molecular formula is C25H25N3O4. The van der Waals surface area contributed by atoms with Gasteiger partial charge in [-0.25, -0.2) is 0 Å². The Hall–Kier alpha value is -3.48. The summed E-state index contributed by atoms with van der Waals surface area (Å²) in [5.41, 5.74) is -0.144. The van der Waals surface area contributed by atoms with E-state index in [-0.39, 0.29) is 36.6 Å². The molecule has 4 amide bonds. The minimum absolute atomic E-state index is 0.187. The van der Waals surface area contributed by atoms with Crippen molar-refractivity contribution in [3.05, 3.63) is 71.8 Å². The highest BCUT2D eigenvalue weighted by molar-refractivity contribution is 6.13. The highest BCUT2D eigenvalue weighted by Crippen LogP contribution is 2.53. The zero-order valence-electron chi connectivity index (χ0n) is 18.1. The lowest BCUT2D eigenvalue weighted by atomic mass is 9.75. The van der Waals surface area contributed by atoms with Crippen LogP contribution in [0.1, 0.15) is 22.8 Å². The first-order chi connectivity index (χ1) is 15.4. The van der Waals surface area contributed by atoms with Gasteiger partial charge in [-0.3, -0.25) is 24.1 Å². The summed E-state index contributed by atoms with van der Waals surface area (Å²) in [5, 5.41) is 0. The van der Waals surface area contributed by atoms with Gasteiger partial charge in [0.1, 0.15) is 5.54 Å². The lowest BCUT2D eigenvalue weighted by molar-refractivity contribution is -0.155. The van der Waals surface area contributed by atoms with E-state index in [0.717, 1.165) is 10.5 Å². The molecule has 0 unspecified atom stereocenters. The SMILES string of the molecule is CCN1C[C@@H]2[C@@H]3C(=O)N(C)C(=O)[C@@H]3[C@](Cc3ccccc3)(C1=O)N2C(=O)c1ccccc1. The van der Waals surface area contributed by atoms with Gasteiger partial charge in [0.25, 0.3) is 5.91 Å². The predicted octanol–water partition coefficient (Wildman–Crippen LogP) is 1.59. The number of hydrogen-bond donors (Lipinski definition) is 0. The minimum Gasteiger partial charge on any atom is -0.339 e. The number of fused-ring (bicyclic) bond motifs is 5. The van der Waals surface area contributed by atoms with Crippen LogP contribution in [0.4, 0.5) is 0 Å². The van der Waals surface area contributed by atoms with Crippen molar-refractivity contribution in [3.8, 4) is 0 Å². The van der Waals surface area contributed by atoms with Crippen LogP contribution >= 0.6 is 0 Å². The van der Waals surface area contributed by atoms with Crippen molar-refractivity contribution in [3.63, 3.8) is 0 Å². The summed E-state index contributed by atoms with van der Waals surface area (Å²) in [4.78, 5) is 58.9. The summed E-state index contributed by atoms with van der Waals surface area (Å²) >= 11 is 0. The number of likely N-dealkylation sites (N-methyl/N-ethyl adjacent to an activating group) is 1. The quantitative estimate of drug-likeness (QED) is 0.689. The second-order valence-electron chi connectivity index (χ2n) is 8.78. The molecule has 3 fully saturated rings. The largest absolute Gasteiger partial charge is 0.339 e. The molecule has 7 heteroatoms. The molecular weight excluding hydrogens is 406 g/mol. The summed E-state index contributed by atoms with van der Waals surface area (Å²) in [6, 6.07) is 17.7. The number of nitrogens with zero attached hydrogens (tertiary/aromatic N) is 3. The summed E-state index contributed by atoms with van der Waals surface area (Å²) in [5.74, 6) is -2.86. The number of carbonyl (C=O) groups is 4. The first-order valence-corrected chi connectivity index (χ1v) is 10.9. The van der Waals surface area contributed by atoms with Crippen LogP contribution < -0.4 is 0 Å². The Labute approximate surface area is 186 Å². The van der Waals surface area contributed by atoms with Gasteiger partial charge in [-0.2, -0.15) is 0 Å². The maximum absolute atomic E-state index is 14.0. The Morgan fingerprint density at radius 3 is 2.22 bits per heavy atom. The van der Waals surface area contributed by atoms with Crippen molar-refractivity contribution in [2.75, 3.05) is 20.1 Å². The van der Waals surface area contributed by atoms with Crippen LogP contribution in [-0.2, 0) is 20.8 Å². The van der Waals surface area contributed by atoms with Crippen LogP contribution in [0.2, 0.25) is 0 Å². The highest BCUT2D eigenvalue weighted by Gasteiger charge is 2.74. The first-order valence-electron chi connectivity index (χ1n) is 10.9. The van der Waals surface area contributed by atoms with E-state index in [1.807, 2.05) is 43.3 Å². The molecule has 0 aromatic heterocycles. The van der Waals surface area contributed by atoms with E-state index in [1.165, 1.54) is 7.05 Å². The normalized spacial score (nSPS) is 29.0. The maximum Gasteiger partial charge on any atom is 0.255 e. The number of likely N-dealkylation sites (tertiary alicyclic amines) is 2. The molecule has 0 N–H and O–H groups in total. The van der Waals surface area contributed by atoms with Crippen LogP contribution in [0.15, 0.2) is 60.7 Å². The number of piperazine rings is 1. The Morgan fingerprint density at radius 1 is 0.969 bits per heavy atom. The number of benzene rings is 2. The van der Waals surface area contributed by atoms with Gasteiger partial charge < -0.3 is 9.80 Å². The molecule has 7 nitrogen and oxygen atoms in total. The topological polar surface area (TPSA) is 78.0 Å². The van der Waals surface area contributed by atoms with Gasteiger partial charge >= 0.3 is 0 Å². The molecule has 3 aliphatic heterocycles. The average molecular weight is 431 g/mol. The second kappa shape index (κ2) is 7.29. The molecule has 2 aromatic carbocycles. The summed E-state index contributed by atoms with van der Waals surface area (Å²) < 4.78 is 0. The average Bonchev–Trinajstić information content (AvgIpc) is 3.19. The van der Waals surface area contributed by atoms with E-state index in [2.05, 4.69) is 0 Å². The minimum atomic E-state index is -1.44. The van der Waals surface area contributed by atoms with Crippen molar-refractivity contribution in [1.29, 1.82) is 0 Å². The zero-order chi connectivity index (χ0) is 22.6. The van der Waals surface area contributed by atoms with Crippen LogP contribution in [0.25, 0.3) is 0 Å². The van der Waals surface area contributed by atoms with Crippen LogP contribution in [0.3, 0.4) is 0 Å². The summed E-state index contributed by atoms with van der Waals surface area (Å²) in [6.07, 6.45) is 0.187. The fraction of sp³-hybridized carbons (Fsp3) is 0.360. The molecule has 0 spiro atoms. The number of hydrogen-bond acceptors (Lipinski definition) is 4. The van der Waals surface area contributed by atoms with Gasteiger partial charge in [0.05, 0.1) is 17.9 Å². The van der Waals surface area contributed by atoms with Crippen molar-refractivity contribution < 1.29 is 19.2 Å².